The molecule has 0 atom stereocenters. The first-order valence-corrected chi connectivity index (χ1v) is 12.8. The number of carbonyl (C=O) groups excluding carboxylic acids is 1. The predicted octanol–water partition coefficient (Wildman–Crippen LogP) is 5.59. The largest absolute Gasteiger partial charge is 0.356 e. The van der Waals surface area contributed by atoms with Gasteiger partial charge in [-0.25, -0.2) is 9.37 Å². The molecule has 1 amide bonds. The van der Waals surface area contributed by atoms with E-state index in [1.54, 1.807) is 23.9 Å². The van der Waals surface area contributed by atoms with Crippen molar-refractivity contribution in [3.63, 3.8) is 0 Å². The fourth-order valence-electron chi connectivity index (χ4n) is 3.82. The summed E-state index contributed by atoms with van der Waals surface area (Å²) in [5, 5.41) is 13.4. The highest BCUT2D eigenvalue weighted by Gasteiger charge is 2.15. The van der Waals surface area contributed by atoms with Crippen LogP contribution in [-0.4, -0.2) is 38.0 Å². The van der Waals surface area contributed by atoms with Crippen LogP contribution in [0.4, 0.5) is 4.39 Å². The van der Waals surface area contributed by atoms with Gasteiger partial charge in [-0.15, -0.1) is 10.2 Å². The number of rotatable bonds is 11. The van der Waals surface area contributed by atoms with Crippen molar-refractivity contribution in [3.05, 3.63) is 59.9 Å². The smallest absolute Gasteiger partial charge is 0.219 e. The highest BCUT2D eigenvalue weighted by molar-refractivity contribution is 7.99. The number of hydrogen-bond acceptors (Lipinski definition) is 5. The number of nitrogens with one attached hydrogen (secondary N) is 1. The quantitative estimate of drug-likeness (QED) is 0.224. The highest BCUT2D eigenvalue weighted by Crippen LogP contribution is 2.28. The molecule has 0 saturated heterocycles. The molecule has 0 unspecified atom stereocenters. The molecule has 1 N–H and O–H groups in total. The maximum atomic E-state index is 13.4. The minimum Gasteiger partial charge on any atom is -0.356 e. The van der Waals surface area contributed by atoms with Crippen LogP contribution in [0.2, 0.25) is 0 Å². The molecular weight excluding hydrogens is 449 g/mol. The summed E-state index contributed by atoms with van der Waals surface area (Å²) in [5.74, 6) is 1.29. The van der Waals surface area contributed by atoms with Crippen LogP contribution in [0.15, 0.2) is 53.7 Å². The lowest BCUT2D eigenvalue weighted by molar-refractivity contribution is -0.121. The zero-order valence-electron chi connectivity index (χ0n) is 19.6. The van der Waals surface area contributed by atoms with Crippen LogP contribution in [0, 0.1) is 11.7 Å². The first-order valence-electron chi connectivity index (χ1n) is 11.8. The molecule has 2 aromatic carbocycles. The fraction of sp³-hybridized carbons (Fsp3) is 0.385. The number of carbonyl (C=O) groups is 1. The number of aromatic nitrogens is 4. The predicted molar refractivity (Wildman–Crippen MR) is 135 cm³/mol. The molecular formula is C26H30FN5OS. The van der Waals surface area contributed by atoms with Gasteiger partial charge >= 0.3 is 0 Å². The molecule has 0 spiro atoms. The number of amides is 1. The van der Waals surface area contributed by atoms with Crippen molar-refractivity contribution >= 4 is 39.7 Å². The van der Waals surface area contributed by atoms with E-state index in [-0.39, 0.29) is 11.7 Å². The van der Waals surface area contributed by atoms with Gasteiger partial charge in [0.1, 0.15) is 11.3 Å². The lowest BCUT2D eigenvalue weighted by Crippen LogP contribution is -2.24. The summed E-state index contributed by atoms with van der Waals surface area (Å²) in [6.45, 7) is 5.62. The molecule has 2 heterocycles. The Kier molecular flexibility index (Phi) is 8.11. The van der Waals surface area contributed by atoms with Gasteiger partial charge in [-0.3, -0.25) is 4.79 Å². The van der Waals surface area contributed by atoms with Gasteiger partial charge in [0.15, 0.2) is 5.65 Å². The van der Waals surface area contributed by atoms with E-state index in [0.717, 1.165) is 59.2 Å². The third-order valence-electron chi connectivity index (χ3n) is 5.68. The summed E-state index contributed by atoms with van der Waals surface area (Å²) in [6.07, 6.45) is 3.29. The molecule has 6 nitrogen and oxygen atoms in total. The number of fused-ring (bicyclic) bond motifs is 3. The highest BCUT2D eigenvalue weighted by atomic mass is 32.2. The summed E-state index contributed by atoms with van der Waals surface area (Å²) in [6, 6.07) is 14.6. The Hall–Kier alpha value is -3.00. The maximum Gasteiger partial charge on any atom is 0.219 e. The zero-order valence-corrected chi connectivity index (χ0v) is 20.4. The Morgan fingerprint density at radius 2 is 1.88 bits per heavy atom. The van der Waals surface area contributed by atoms with Crippen LogP contribution in [0.1, 0.15) is 45.1 Å². The molecule has 0 bridgehead atoms. The Labute approximate surface area is 203 Å². The third kappa shape index (κ3) is 6.11. The molecule has 8 heteroatoms. The van der Waals surface area contributed by atoms with Gasteiger partial charge in [0, 0.05) is 30.6 Å². The van der Waals surface area contributed by atoms with Gasteiger partial charge in [0.2, 0.25) is 11.1 Å². The molecule has 178 valence electrons. The van der Waals surface area contributed by atoms with Crippen molar-refractivity contribution in [2.45, 2.75) is 51.2 Å². The second kappa shape index (κ2) is 11.4. The van der Waals surface area contributed by atoms with E-state index < -0.39 is 0 Å². The number of para-hydroxylation sites is 1. The average Bonchev–Trinajstić information content (AvgIpc) is 3.13. The Bertz CT molecular complexity index is 1260. The van der Waals surface area contributed by atoms with Gasteiger partial charge in [-0.2, -0.15) is 0 Å². The number of thioether (sulfide) groups is 1. The molecule has 0 saturated carbocycles. The molecule has 0 fully saturated rings. The SMILES string of the molecule is CC(C)CCNC(=O)CCCCSc1nnc2c3ccccc3n(Cc3ccc(F)cc3)c2n1. The fourth-order valence-corrected chi connectivity index (χ4v) is 4.60. The van der Waals surface area contributed by atoms with Crippen LogP contribution in [-0.2, 0) is 11.3 Å². The summed E-state index contributed by atoms with van der Waals surface area (Å²) < 4.78 is 15.5. The first kappa shape index (κ1) is 24.1. The summed E-state index contributed by atoms with van der Waals surface area (Å²) in [5.41, 5.74) is 3.55. The molecule has 0 aliphatic rings. The number of hydrogen-bond donors (Lipinski definition) is 1. The van der Waals surface area contributed by atoms with E-state index >= 15 is 0 Å². The van der Waals surface area contributed by atoms with Crippen molar-refractivity contribution in [2.75, 3.05) is 12.3 Å². The molecule has 0 aliphatic heterocycles. The van der Waals surface area contributed by atoms with Crippen molar-refractivity contribution in [2.24, 2.45) is 5.92 Å². The van der Waals surface area contributed by atoms with Gasteiger partial charge < -0.3 is 9.88 Å². The summed E-state index contributed by atoms with van der Waals surface area (Å²) in [4.78, 5) is 16.7. The average molecular weight is 480 g/mol. The maximum absolute atomic E-state index is 13.4. The van der Waals surface area contributed by atoms with Gasteiger partial charge in [0.05, 0.1) is 5.52 Å². The molecule has 2 aromatic heterocycles. The van der Waals surface area contributed by atoms with E-state index in [9.17, 15) is 9.18 Å². The lowest BCUT2D eigenvalue weighted by Gasteiger charge is -2.08. The number of unbranched alkanes of at least 4 members (excludes halogenated alkanes) is 1. The Morgan fingerprint density at radius 1 is 1.09 bits per heavy atom. The molecule has 0 aliphatic carbocycles. The van der Waals surface area contributed by atoms with E-state index in [2.05, 4.69) is 33.9 Å². The van der Waals surface area contributed by atoms with Gasteiger partial charge in [-0.1, -0.05) is 55.9 Å². The standard InChI is InChI=1S/C26H30FN5OS/c1-18(2)14-15-28-23(33)9-5-6-16-34-26-29-25-24(30-31-26)21-7-3-4-8-22(21)32(25)17-19-10-12-20(27)13-11-19/h3-4,7-8,10-13,18H,5-6,9,14-17H2,1-2H3,(H,28,33). The third-order valence-corrected chi connectivity index (χ3v) is 6.61. The zero-order chi connectivity index (χ0) is 23.9. The molecule has 0 radical (unpaired) electrons. The van der Waals surface area contributed by atoms with E-state index in [1.165, 1.54) is 12.1 Å². The minimum atomic E-state index is -0.248. The van der Waals surface area contributed by atoms with Crippen LogP contribution in [0.25, 0.3) is 22.1 Å². The van der Waals surface area contributed by atoms with Crippen molar-refractivity contribution in [1.29, 1.82) is 0 Å². The monoisotopic (exact) mass is 479 g/mol. The molecule has 4 rings (SSSR count). The molecule has 4 aromatic rings. The van der Waals surface area contributed by atoms with Crippen molar-refractivity contribution in [1.82, 2.24) is 25.1 Å². The second-order valence-corrected chi connectivity index (χ2v) is 9.90. The lowest BCUT2D eigenvalue weighted by atomic mass is 10.1. The van der Waals surface area contributed by atoms with Crippen LogP contribution < -0.4 is 5.32 Å². The Balaban J connectivity index is 1.41. The van der Waals surface area contributed by atoms with E-state index in [1.807, 2.05) is 24.3 Å². The van der Waals surface area contributed by atoms with Crippen molar-refractivity contribution < 1.29 is 9.18 Å². The topological polar surface area (TPSA) is 72.7 Å². The molecule has 34 heavy (non-hydrogen) atoms. The summed E-state index contributed by atoms with van der Waals surface area (Å²) in [7, 11) is 0. The van der Waals surface area contributed by atoms with E-state index in [4.69, 9.17) is 4.98 Å². The summed E-state index contributed by atoms with van der Waals surface area (Å²) >= 11 is 1.56. The Morgan fingerprint density at radius 3 is 2.68 bits per heavy atom. The van der Waals surface area contributed by atoms with Gasteiger partial charge in [0.25, 0.3) is 0 Å². The normalized spacial score (nSPS) is 11.5. The van der Waals surface area contributed by atoms with Crippen LogP contribution in [0.3, 0.4) is 0 Å². The number of benzene rings is 2. The van der Waals surface area contributed by atoms with Crippen LogP contribution in [0.5, 0.6) is 0 Å². The van der Waals surface area contributed by atoms with Crippen LogP contribution >= 0.6 is 11.8 Å². The van der Waals surface area contributed by atoms with Gasteiger partial charge in [-0.05, 0) is 48.9 Å². The minimum absolute atomic E-state index is 0.121. The second-order valence-electron chi connectivity index (χ2n) is 8.83. The number of halogens is 1. The number of nitrogens with zero attached hydrogens (tertiary/aromatic N) is 4. The first-order chi connectivity index (χ1) is 16.5. The van der Waals surface area contributed by atoms with E-state index in [0.29, 0.717) is 24.0 Å². The van der Waals surface area contributed by atoms with Crippen molar-refractivity contribution in [3.8, 4) is 0 Å².